The summed E-state index contributed by atoms with van der Waals surface area (Å²) in [5, 5.41) is 1.49. The SMILES string of the molecule is COc1ccc(CC(=O)N2CCN=C2SCc2ccc(Cl)cc2)cc1OC. The van der Waals surface area contributed by atoms with Crippen molar-refractivity contribution in [3.8, 4) is 11.5 Å². The van der Waals surface area contributed by atoms with Crippen molar-refractivity contribution in [1.29, 1.82) is 0 Å². The fraction of sp³-hybridized carbons (Fsp3) is 0.300. The Morgan fingerprint density at radius 2 is 1.81 bits per heavy atom. The van der Waals surface area contributed by atoms with Gasteiger partial charge in [0, 0.05) is 17.3 Å². The van der Waals surface area contributed by atoms with Crippen LogP contribution in [-0.2, 0) is 17.0 Å². The Morgan fingerprint density at radius 1 is 1.11 bits per heavy atom. The quantitative estimate of drug-likeness (QED) is 0.729. The van der Waals surface area contributed by atoms with Crippen molar-refractivity contribution in [1.82, 2.24) is 4.90 Å². The molecule has 7 heteroatoms. The minimum atomic E-state index is 0.0297. The van der Waals surface area contributed by atoms with Crippen LogP contribution in [0.25, 0.3) is 0 Å². The molecule has 0 spiro atoms. The Balaban J connectivity index is 1.62. The summed E-state index contributed by atoms with van der Waals surface area (Å²) in [6.45, 7) is 1.26. The minimum absolute atomic E-state index is 0.0297. The second-order valence-corrected chi connectivity index (χ2v) is 7.37. The largest absolute Gasteiger partial charge is 0.493 e. The lowest BCUT2D eigenvalue weighted by Gasteiger charge is -2.18. The fourth-order valence-corrected chi connectivity index (χ4v) is 3.92. The van der Waals surface area contributed by atoms with Crippen molar-refractivity contribution in [3.05, 3.63) is 58.6 Å². The molecular weight excluding hydrogens is 384 g/mol. The van der Waals surface area contributed by atoms with Crippen LogP contribution in [-0.4, -0.2) is 43.3 Å². The third kappa shape index (κ3) is 4.96. The Labute approximate surface area is 168 Å². The Hall–Kier alpha value is -2.18. The molecule has 0 bridgehead atoms. The molecule has 1 aliphatic heterocycles. The first kappa shape index (κ1) is 19.6. The van der Waals surface area contributed by atoms with Gasteiger partial charge in [-0.3, -0.25) is 14.7 Å². The molecule has 0 aliphatic carbocycles. The Morgan fingerprint density at radius 3 is 2.52 bits per heavy atom. The number of nitrogens with zero attached hydrogens (tertiary/aromatic N) is 2. The van der Waals surface area contributed by atoms with Crippen LogP contribution in [0.4, 0.5) is 0 Å². The second kappa shape index (κ2) is 9.15. The lowest BCUT2D eigenvalue weighted by atomic mass is 10.1. The van der Waals surface area contributed by atoms with Crippen molar-refractivity contribution < 1.29 is 14.3 Å². The highest BCUT2D eigenvalue weighted by molar-refractivity contribution is 8.13. The number of thioether (sulfide) groups is 1. The highest BCUT2D eigenvalue weighted by atomic mass is 35.5. The average Bonchev–Trinajstić information content (AvgIpc) is 3.16. The summed E-state index contributed by atoms with van der Waals surface area (Å²) < 4.78 is 10.6. The van der Waals surface area contributed by atoms with Gasteiger partial charge >= 0.3 is 0 Å². The van der Waals surface area contributed by atoms with E-state index in [2.05, 4.69) is 4.99 Å². The van der Waals surface area contributed by atoms with Crippen LogP contribution in [0.5, 0.6) is 11.5 Å². The zero-order chi connectivity index (χ0) is 19.2. The molecule has 2 aromatic rings. The Kier molecular flexibility index (Phi) is 6.63. The molecule has 1 aliphatic rings. The molecule has 5 nitrogen and oxygen atoms in total. The number of hydrogen-bond donors (Lipinski definition) is 0. The molecule has 27 heavy (non-hydrogen) atoms. The third-order valence-corrected chi connectivity index (χ3v) is 5.52. The topological polar surface area (TPSA) is 51.1 Å². The lowest BCUT2D eigenvalue weighted by Crippen LogP contribution is -2.34. The predicted octanol–water partition coefficient (Wildman–Crippen LogP) is 4.03. The Bertz CT molecular complexity index is 840. The maximum absolute atomic E-state index is 12.8. The molecule has 0 fully saturated rings. The van der Waals surface area contributed by atoms with E-state index < -0.39 is 0 Å². The smallest absolute Gasteiger partial charge is 0.233 e. The number of rotatable bonds is 6. The van der Waals surface area contributed by atoms with Gasteiger partial charge in [-0.25, -0.2) is 0 Å². The number of methoxy groups -OCH3 is 2. The third-order valence-electron chi connectivity index (χ3n) is 4.19. The zero-order valence-corrected chi connectivity index (χ0v) is 16.8. The van der Waals surface area contributed by atoms with Gasteiger partial charge in [0.05, 0.1) is 27.2 Å². The summed E-state index contributed by atoms with van der Waals surface area (Å²) in [6.07, 6.45) is 0.293. The number of benzene rings is 2. The molecule has 0 saturated heterocycles. The van der Waals surface area contributed by atoms with E-state index in [0.29, 0.717) is 36.0 Å². The average molecular weight is 405 g/mol. The number of amides is 1. The number of ether oxygens (including phenoxy) is 2. The molecular formula is C20H21ClN2O3S. The molecule has 3 rings (SSSR count). The van der Waals surface area contributed by atoms with Crippen molar-refractivity contribution in [3.63, 3.8) is 0 Å². The first-order valence-electron chi connectivity index (χ1n) is 8.53. The van der Waals surface area contributed by atoms with Crippen LogP contribution < -0.4 is 9.47 Å². The summed E-state index contributed by atoms with van der Waals surface area (Å²) >= 11 is 7.49. The van der Waals surface area contributed by atoms with Crippen molar-refractivity contribution >= 4 is 34.4 Å². The fourth-order valence-electron chi connectivity index (χ4n) is 2.77. The first-order valence-corrected chi connectivity index (χ1v) is 9.90. The van der Waals surface area contributed by atoms with Gasteiger partial charge in [0.25, 0.3) is 0 Å². The second-order valence-electron chi connectivity index (χ2n) is 5.99. The van der Waals surface area contributed by atoms with Gasteiger partial charge in [0.1, 0.15) is 0 Å². The lowest BCUT2D eigenvalue weighted by molar-refractivity contribution is -0.126. The van der Waals surface area contributed by atoms with Gasteiger partial charge in [-0.2, -0.15) is 0 Å². The summed E-state index contributed by atoms with van der Waals surface area (Å²) in [4.78, 5) is 19.0. The van der Waals surface area contributed by atoms with Crippen LogP contribution in [0.3, 0.4) is 0 Å². The number of hydrogen-bond acceptors (Lipinski definition) is 5. The maximum atomic E-state index is 12.8. The highest BCUT2D eigenvalue weighted by Gasteiger charge is 2.24. The molecule has 1 heterocycles. The molecule has 0 radical (unpaired) electrons. The van der Waals surface area contributed by atoms with Gasteiger partial charge in [-0.1, -0.05) is 41.6 Å². The predicted molar refractivity (Wildman–Crippen MR) is 110 cm³/mol. The maximum Gasteiger partial charge on any atom is 0.233 e. The number of amidine groups is 1. The van der Waals surface area contributed by atoms with E-state index in [1.54, 1.807) is 30.9 Å². The monoisotopic (exact) mass is 404 g/mol. The molecule has 0 unspecified atom stereocenters. The number of carbonyl (C=O) groups is 1. The van der Waals surface area contributed by atoms with Gasteiger partial charge in [0.15, 0.2) is 16.7 Å². The molecule has 2 aromatic carbocycles. The molecule has 0 atom stereocenters. The number of aliphatic imine (C=N–C) groups is 1. The molecule has 0 N–H and O–H groups in total. The summed E-state index contributed by atoms with van der Waals surface area (Å²) in [5.41, 5.74) is 2.03. The van der Waals surface area contributed by atoms with E-state index in [9.17, 15) is 4.79 Å². The van der Waals surface area contributed by atoms with Crippen LogP contribution in [0.1, 0.15) is 11.1 Å². The van der Waals surface area contributed by atoms with E-state index >= 15 is 0 Å². The van der Waals surface area contributed by atoms with Crippen molar-refractivity contribution in [2.24, 2.45) is 4.99 Å². The van der Waals surface area contributed by atoms with E-state index in [1.807, 2.05) is 42.5 Å². The standard InChI is InChI=1S/C20H21ClN2O3S/c1-25-17-8-5-15(11-18(17)26-2)12-19(24)23-10-9-22-20(23)27-13-14-3-6-16(21)7-4-14/h3-8,11H,9-10,12-13H2,1-2H3. The summed E-state index contributed by atoms with van der Waals surface area (Å²) in [7, 11) is 3.18. The van der Waals surface area contributed by atoms with E-state index in [1.165, 1.54) is 0 Å². The van der Waals surface area contributed by atoms with Gasteiger partial charge in [0.2, 0.25) is 5.91 Å². The van der Waals surface area contributed by atoms with Gasteiger partial charge < -0.3 is 9.47 Å². The molecule has 0 aromatic heterocycles. The van der Waals surface area contributed by atoms with Crippen LogP contribution in [0.15, 0.2) is 47.5 Å². The van der Waals surface area contributed by atoms with E-state index in [0.717, 1.165) is 22.0 Å². The summed E-state index contributed by atoms with van der Waals surface area (Å²) in [5.74, 6) is 2.05. The van der Waals surface area contributed by atoms with Crippen molar-refractivity contribution in [2.75, 3.05) is 27.3 Å². The van der Waals surface area contributed by atoms with Gasteiger partial charge in [-0.05, 0) is 35.4 Å². The van der Waals surface area contributed by atoms with E-state index in [-0.39, 0.29) is 5.91 Å². The zero-order valence-electron chi connectivity index (χ0n) is 15.3. The highest BCUT2D eigenvalue weighted by Crippen LogP contribution is 2.28. The number of halogens is 1. The van der Waals surface area contributed by atoms with Crippen LogP contribution in [0, 0.1) is 0 Å². The van der Waals surface area contributed by atoms with Gasteiger partial charge in [-0.15, -0.1) is 0 Å². The summed E-state index contributed by atoms with van der Waals surface area (Å²) in [6, 6.07) is 13.2. The van der Waals surface area contributed by atoms with Crippen LogP contribution in [0.2, 0.25) is 5.02 Å². The van der Waals surface area contributed by atoms with E-state index in [4.69, 9.17) is 21.1 Å². The molecule has 142 valence electrons. The first-order chi connectivity index (χ1) is 13.1. The molecule has 0 saturated carbocycles. The normalized spacial score (nSPS) is 13.4. The van der Waals surface area contributed by atoms with Crippen molar-refractivity contribution in [2.45, 2.75) is 12.2 Å². The van der Waals surface area contributed by atoms with Crippen LogP contribution >= 0.6 is 23.4 Å². The number of carbonyl (C=O) groups excluding carboxylic acids is 1. The minimum Gasteiger partial charge on any atom is -0.493 e. The molecule has 1 amide bonds.